The maximum Gasteiger partial charge on any atom is 0.0279 e. The summed E-state index contributed by atoms with van der Waals surface area (Å²) in [5, 5.41) is 3.83. The van der Waals surface area contributed by atoms with E-state index >= 15 is 0 Å². The number of rotatable bonds is 3. The van der Waals surface area contributed by atoms with Crippen LogP contribution in [0.5, 0.6) is 0 Å². The molecule has 0 saturated carbocycles. The summed E-state index contributed by atoms with van der Waals surface area (Å²) in [7, 11) is 5.22. The van der Waals surface area contributed by atoms with Gasteiger partial charge in [0.15, 0.2) is 0 Å². The number of allylic oxidation sites excluding steroid dienone is 3. The van der Waals surface area contributed by atoms with E-state index in [0.717, 1.165) is 22.7 Å². The van der Waals surface area contributed by atoms with Crippen LogP contribution in [0.1, 0.15) is 83.1 Å². The molecule has 2 radical (unpaired) electrons. The van der Waals surface area contributed by atoms with Crippen LogP contribution in [-0.2, 0) is 52.8 Å². The van der Waals surface area contributed by atoms with Crippen LogP contribution in [0.25, 0.3) is 5.32 Å². The van der Waals surface area contributed by atoms with E-state index in [4.69, 9.17) is 0 Å². The molecule has 0 bridgehead atoms. The monoisotopic (exact) mass is 623 g/mol. The fraction of sp³-hybridized carbons (Fsp3) is 0.714. The van der Waals surface area contributed by atoms with Crippen LogP contribution < -0.4 is 0 Å². The van der Waals surface area contributed by atoms with Crippen molar-refractivity contribution in [2.45, 2.75) is 83.1 Å². The summed E-state index contributed by atoms with van der Waals surface area (Å²) < 4.78 is 0. The van der Waals surface area contributed by atoms with Crippen LogP contribution in [0.15, 0.2) is 27.8 Å². The van der Waals surface area contributed by atoms with E-state index in [1.807, 2.05) is 83.1 Å². The predicted octanol–water partition coefficient (Wildman–Crippen LogP) is 7.54. The molecule has 0 atom stereocenters. The van der Waals surface area contributed by atoms with Crippen molar-refractivity contribution < 1.29 is 52.8 Å². The van der Waals surface area contributed by atoms with Gasteiger partial charge in [0.1, 0.15) is 0 Å². The Balaban J connectivity index is -0.0000000283. The van der Waals surface area contributed by atoms with Gasteiger partial charge in [-0.15, -0.1) is 32.0 Å². The maximum absolute atomic E-state index is 3.98. The fourth-order valence-corrected chi connectivity index (χ4v) is 0.639. The van der Waals surface area contributed by atoms with E-state index in [1.165, 1.54) is 0 Å². The minimum absolute atomic E-state index is 0. The van der Waals surface area contributed by atoms with E-state index in [9.17, 15) is 0 Å². The van der Waals surface area contributed by atoms with E-state index in [0.29, 0.717) is 0 Å². The smallest absolute Gasteiger partial charge is 0.0279 e. The summed E-state index contributed by atoms with van der Waals surface area (Å²) >= 11 is 0. The standard InChI is InChI=1S/C7H12N.C6H11N2.4C2H6.Ir.Y/c1-5-6(2)7(3)8-4;1-5(7-3)6(2)8-4;4*1-2;;/h1-4H3;1H2,2-4H3;4*1-2H3;;/q2*-1;;;;;;. The maximum atomic E-state index is 3.98. The zero-order chi connectivity index (χ0) is 21.1. The Morgan fingerprint density at radius 1 is 0.769 bits per heavy atom. The van der Waals surface area contributed by atoms with Crippen LogP contribution in [-0.4, -0.2) is 32.6 Å². The van der Waals surface area contributed by atoms with E-state index in [-0.39, 0.29) is 52.8 Å². The Morgan fingerprint density at radius 3 is 1.12 bits per heavy atom. The van der Waals surface area contributed by atoms with Gasteiger partial charge in [-0.05, 0) is 6.92 Å². The van der Waals surface area contributed by atoms with Gasteiger partial charge in [-0.25, -0.2) is 5.57 Å². The average Bonchev–Trinajstić information content (AvgIpc) is 2.71. The Kier molecular flexibility index (Phi) is 109. The van der Waals surface area contributed by atoms with E-state index in [2.05, 4.69) is 28.0 Å². The molecule has 0 N–H and O–H groups in total. The van der Waals surface area contributed by atoms with Gasteiger partial charge in [-0.2, -0.15) is 0 Å². The molecule has 0 aliphatic heterocycles. The Labute approximate surface area is 206 Å². The third kappa shape index (κ3) is 49.7. The number of aliphatic imine (C=N–C) groups is 2. The summed E-state index contributed by atoms with van der Waals surface area (Å²) in [5.74, 6) is 0. The molecule has 0 rings (SSSR count). The molecule has 0 aliphatic carbocycles. The van der Waals surface area contributed by atoms with Crippen molar-refractivity contribution in [1.29, 1.82) is 0 Å². The molecular formula is C21H47IrN3Y-2. The minimum Gasteiger partial charge on any atom is -0.686 e. The zero-order valence-electron chi connectivity index (χ0n) is 20.5. The third-order valence-electron chi connectivity index (χ3n) is 2.28. The SMILES string of the molecule is C=C([N-]C)C(C)=NC.CC.CC.CC.CC.C[C-]=C(C)C(C)=NC.[Ir].[Y]. The molecule has 0 heterocycles. The van der Waals surface area contributed by atoms with Crippen LogP contribution in [0.4, 0.5) is 0 Å². The van der Waals surface area contributed by atoms with Crippen molar-refractivity contribution in [3.05, 3.63) is 29.2 Å². The summed E-state index contributed by atoms with van der Waals surface area (Å²) in [6.07, 6.45) is 3.00. The van der Waals surface area contributed by atoms with Crippen LogP contribution in [0.2, 0.25) is 0 Å². The second kappa shape index (κ2) is 56.2. The van der Waals surface area contributed by atoms with Crippen molar-refractivity contribution >= 4 is 11.4 Å². The molecule has 0 amide bonds. The molecule has 0 saturated heterocycles. The molecule has 0 spiro atoms. The quantitative estimate of drug-likeness (QED) is 0.231. The van der Waals surface area contributed by atoms with Gasteiger partial charge in [0, 0.05) is 72.6 Å². The third-order valence-corrected chi connectivity index (χ3v) is 2.28. The normalized spacial score (nSPS) is 8.81. The second-order valence-electron chi connectivity index (χ2n) is 3.16. The summed E-state index contributed by atoms with van der Waals surface area (Å²) in [6.45, 7) is 27.4. The van der Waals surface area contributed by atoms with Crippen LogP contribution >= 0.6 is 0 Å². The Morgan fingerprint density at radius 2 is 1.04 bits per heavy atom. The van der Waals surface area contributed by atoms with Crippen molar-refractivity contribution in [2.24, 2.45) is 9.98 Å². The molecule has 0 unspecified atom stereocenters. The molecule has 26 heavy (non-hydrogen) atoms. The number of hydrogen-bond donors (Lipinski definition) is 0. The van der Waals surface area contributed by atoms with Gasteiger partial charge in [-0.1, -0.05) is 69.2 Å². The summed E-state index contributed by atoms with van der Waals surface area (Å²) in [4.78, 5) is 7.86. The van der Waals surface area contributed by atoms with Gasteiger partial charge in [0.05, 0.1) is 0 Å². The first-order chi connectivity index (χ1) is 11.4. The molecular weight excluding hydrogens is 575 g/mol. The molecule has 0 aromatic rings. The van der Waals surface area contributed by atoms with Crippen molar-refractivity contribution in [3.63, 3.8) is 0 Å². The molecule has 3 nitrogen and oxygen atoms in total. The first-order valence-corrected chi connectivity index (χ1v) is 9.12. The van der Waals surface area contributed by atoms with Gasteiger partial charge < -0.3 is 10.3 Å². The van der Waals surface area contributed by atoms with Crippen LogP contribution in [0, 0.1) is 6.08 Å². The molecule has 0 aromatic carbocycles. The Bertz CT molecular complexity index is 294. The molecule has 0 aliphatic rings. The molecule has 5 heteroatoms. The number of nitrogens with zero attached hydrogens (tertiary/aromatic N) is 3. The summed E-state index contributed by atoms with van der Waals surface area (Å²) in [5.41, 5.74) is 3.85. The van der Waals surface area contributed by atoms with Crippen molar-refractivity contribution in [3.8, 4) is 0 Å². The second-order valence-corrected chi connectivity index (χ2v) is 3.16. The first-order valence-electron chi connectivity index (χ1n) is 9.12. The molecule has 0 fully saturated rings. The minimum atomic E-state index is 0. The van der Waals surface area contributed by atoms with E-state index in [1.54, 1.807) is 21.1 Å². The van der Waals surface area contributed by atoms with Crippen LogP contribution in [0.3, 0.4) is 0 Å². The zero-order valence-corrected chi connectivity index (χ0v) is 25.7. The Hall–Kier alpha value is 0.373. The molecule has 160 valence electrons. The van der Waals surface area contributed by atoms with Gasteiger partial charge in [0.2, 0.25) is 0 Å². The predicted molar refractivity (Wildman–Crippen MR) is 120 cm³/mol. The molecule has 0 aromatic heterocycles. The van der Waals surface area contributed by atoms with Gasteiger partial charge in [-0.3, -0.25) is 11.1 Å². The van der Waals surface area contributed by atoms with E-state index < -0.39 is 0 Å². The van der Waals surface area contributed by atoms with Gasteiger partial charge in [0.25, 0.3) is 0 Å². The first kappa shape index (κ1) is 50.3. The fourth-order valence-electron chi connectivity index (χ4n) is 0.639. The topological polar surface area (TPSA) is 38.8 Å². The van der Waals surface area contributed by atoms with Gasteiger partial charge >= 0.3 is 0 Å². The van der Waals surface area contributed by atoms with Crippen molar-refractivity contribution in [2.75, 3.05) is 21.1 Å². The number of hydrogen-bond acceptors (Lipinski definition) is 2. The largest absolute Gasteiger partial charge is 0.686 e. The average molecular weight is 623 g/mol. The summed E-state index contributed by atoms with van der Waals surface area (Å²) in [6, 6.07) is 0. The van der Waals surface area contributed by atoms with Crippen molar-refractivity contribution in [1.82, 2.24) is 0 Å².